The first-order valence-electron chi connectivity index (χ1n) is 8.68. The topological polar surface area (TPSA) is 38.2 Å². The van der Waals surface area contributed by atoms with E-state index in [1.807, 2.05) is 13.0 Å². The third-order valence-corrected chi connectivity index (χ3v) is 5.11. The monoisotopic (exact) mass is 327 g/mol. The van der Waals surface area contributed by atoms with Crippen molar-refractivity contribution in [2.45, 2.75) is 32.3 Å². The molecule has 2 bridgehead atoms. The lowest BCUT2D eigenvalue weighted by Gasteiger charge is -2.42. The first kappa shape index (κ1) is 15.5. The molecule has 1 aromatic heterocycles. The summed E-state index contributed by atoms with van der Waals surface area (Å²) < 4.78 is 20.1. The van der Waals surface area contributed by atoms with E-state index in [0.29, 0.717) is 23.1 Å². The van der Waals surface area contributed by atoms with Gasteiger partial charge >= 0.3 is 0 Å². The van der Waals surface area contributed by atoms with Crippen molar-refractivity contribution >= 4 is 0 Å². The smallest absolute Gasteiger partial charge is 0.233 e. The highest BCUT2D eigenvalue weighted by molar-refractivity contribution is 5.59. The van der Waals surface area contributed by atoms with Gasteiger partial charge in [0.05, 0.1) is 5.69 Å². The molecule has 0 aliphatic carbocycles. The van der Waals surface area contributed by atoms with Crippen LogP contribution in [0.1, 0.15) is 24.8 Å². The van der Waals surface area contributed by atoms with Crippen LogP contribution in [0.2, 0.25) is 0 Å². The van der Waals surface area contributed by atoms with Crippen LogP contribution < -0.4 is 4.74 Å². The Morgan fingerprint density at radius 3 is 2.83 bits per heavy atom. The standard InChI is InChI=1S/C19H22FN3O/c1-13-4-5-15(16(20)11-13)17-6-7-19(22-21-17)24-18-8-10-23-9-2-3-14(18)12-23/h4-7,11,14,18H,2-3,8-10,12H2,1H3. The van der Waals surface area contributed by atoms with Gasteiger partial charge in [-0.05, 0) is 56.5 Å². The zero-order chi connectivity index (χ0) is 16.5. The molecule has 4 rings (SSSR count). The van der Waals surface area contributed by atoms with Gasteiger partial charge in [-0.2, -0.15) is 0 Å². The van der Waals surface area contributed by atoms with Crippen molar-refractivity contribution in [3.05, 3.63) is 41.7 Å². The Kier molecular flexibility index (Phi) is 4.19. The molecule has 0 amide bonds. The molecule has 3 unspecified atom stereocenters. The lowest BCUT2D eigenvalue weighted by atomic mass is 9.87. The summed E-state index contributed by atoms with van der Waals surface area (Å²) in [4.78, 5) is 2.52. The van der Waals surface area contributed by atoms with Gasteiger partial charge in [0, 0.05) is 30.6 Å². The predicted octanol–water partition coefficient (Wildman–Crippen LogP) is 3.45. The summed E-state index contributed by atoms with van der Waals surface area (Å²) >= 11 is 0. The Morgan fingerprint density at radius 2 is 2.04 bits per heavy atom. The van der Waals surface area contributed by atoms with Gasteiger partial charge in [-0.25, -0.2) is 4.39 Å². The molecule has 3 atom stereocenters. The number of ether oxygens (including phenoxy) is 1. The Bertz CT molecular complexity index is 719. The Balaban J connectivity index is 1.47. The van der Waals surface area contributed by atoms with Crippen molar-refractivity contribution in [2.75, 3.05) is 19.6 Å². The van der Waals surface area contributed by atoms with Gasteiger partial charge < -0.3 is 9.64 Å². The number of benzene rings is 1. The first-order chi connectivity index (χ1) is 11.7. The van der Waals surface area contributed by atoms with Gasteiger partial charge in [-0.15, -0.1) is 10.2 Å². The summed E-state index contributed by atoms with van der Waals surface area (Å²) in [5, 5.41) is 8.33. The third kappa shape index (κ3) is 3.13. The van der Waals surface area contributed by atoms with Gasteiger partial charge in [-0.3, -0.25) is 0 Å². The van der Waals surface area contributed by atoms with Crippen molar-refractivity contribution in [1.82, 2.24) is 15.1 Å². The number of fused-ring (bicyclic) bond motifs is 2. The second-order valence-corrected chi connectivity index (χ2v) is 6.89. The second kappa shape index (κ2) is 6.48. The summed E-state index contributed by atoms with van der Waals surface area (Å²) in [5.41, 5.74) is 1.90. The maximum atomic E-state index is 14.0. The quantitative estimate of drug-likeness (QED) is 0.865. The van der Waals surface area contributed by atoms with Gasteiger partial charge in [0.15, 0.2) is 0 Å². The SMILES string of the molecule is Cc1ccc(-c2ccc(OC3CCN4CCCC3C4)nn2)c(F)c1. The molecule has 2 aromatic rings. The van der Waals surface area contributed by atoms with E-state index in [2.05, 4.69) is 15.1 Å². The summed E-state index contributed by atoms with van der Waals surface area (Å²) in [6, 6.07) is 8.72. The number of halogens is 1. The molecule has 1 aromatic carbocycles. The van der Waals surface area contributed by atoms with E-state index >= 15 is 0 Å². The number of aryl methyl sites for hydroxylation is 1. The molecular formula is C19H22FN3O. The average molecular weight is 327 g/mol. The summed E-state index contributed by atoms with van der Waals surface area (Å²) in [5.74, 6) is 0.853. The van der Waals surface area contributed by atoms with Gasteiger partial charge in [-0.1, -0.05) is 6.07 Å². The highest BCUT2D eigenvalue weighted by Crippen LogP contribution is 2.29. The molecule has 2 aliphatic rings. The lowest BCUT2D eigenvalue weighted by molar-refractivity contribution is 0.0123. The second-order valence-electron chi connectivity index (χ2n) is 6.89. The molecular weight excluding hydrogens is 305 g/mol. The first-order valence-corrected chi connectivity index (χ1v) is 8.68. The molecule has 2 fully saturated rings. The highest BCUT2D eigenvalue weighted by atomic mass is 19.1. The van der Waals surface area contributed by atoms with Crippen molar-refractivity contribution < 1.29 is 9.13 Å². The summed E-state index contributed by atoms with van der Waals surface area (Å²) in [6.45, 7) is 5.32. The van der Waals surface area contributed by atoms with E-state index in [-0.39, 0.29) is 11.9 Å². The van der Waals surface area contributed by atoms with Crippen molar-refractivity contribution in [3.63, 3.8) is 0 Å². The lowest BCUT2D eigenvalue weighted by Crippen LogP contribution is -2.49. The minimum atomic E-state index is -0.271. The van der Waals surface area contributed by atoms with Crippen LogP contribution in [0.4, 0.5) is 4.39 Å². The Morgan fingerprint density at radius 1 is 1.12 bits per heavy atom. The normalized spacial score (nSPS) is 26.2. The summed E-state index contributed by atoms with van der Waals surface area (Å²) in [6.07, 6.45) is 3.74. The average Bonchev–Trinajstić information content (AvgIpc) is 2.59. The van der Waals surface area contributed by atoms with Crippen LogP contribution in [0.25, 0.3) is 11.3 Å². The number of aromatic nitrogens is 2. The molecule has 0 saturated carbocycles. The molecule has 2 aliphatic heterocycles. The third-order valence-electron chi connectivity index (χ3n) is 5.11. The van der Waals surface area contributed by atoms with Crippen LogP contribution in [0, 0.1) is 18.7 Å². The Hall–Kier alpha value is -2.01. The van der Waals surface area contributed by atoms with Crippen LogP contribution in [-0.4, -0.2) is 40.8 Å². The van der Waals surface area contributed by atoms with E-state index in [9.17, 15) is 4.39 Å². The number of piperidine rings is 2. The van der Waals surface area contributed by atoms with Gasteiger partial charge in [0.2, 0.25) is 5.88 Å². The largest absolute Gasteiger partial charge is 0.473 e. The molecule has 3 heterocycles. The predicted molar refractivity (Wildman–Crippen MR) is 90.4 cm³/mol. The molecule has 0 radical (unpaired) electrons. The zero-order valence-corrected chi connectivity index (χ0v) is 13.9. The Labute approximate surface area is 141 Å². The van der Waals surface area contributed by atoms with E-state index in [1.54, 1.807) is 18.2 Å². The molecule has 0 N–H and O–H groups in total. The maximum absolute atomic E-state index is 14.0. The fourth-order valence-corrected chi connectivity index (χ4v) is 3.81. The number of hydrogen-bond acceptors (Lipinski definition) is 4. The zero-order valence-electron chi connectivity index (χ0n) is 13.9. The van der Waals surface area contributed by atoms with Crippen LogP contribution in [0.3, 0.4) is 0 Å². The fourth-order valence-electron chi connectivity index (χ4n) is 3.81. The minimum Gasteiger partial charge on any atom is -0.473 e. The number of nitrogens with zero attached hydrogens (tertiary/aromatic N) is 3. The van der Waals surface area contributed by atoms with E-state index < -0.39 is 0 Å². The molecule has 126 valence electrons. The van der Waals surface area contributed by atoms with Crippen LogP contribution in [0.5, 0.6) is 5.88 Å². The molecule has 2 saturated heterocycles. The number of rotatable bonds is 3. The highest BCUT2D eigenvalue weighted by Gasteiger charge is 2.33. The maximum Gasteiger partial charge on any atom is 0.233 e. The molecule has 24 heavy (non-hydrogen) atoms. The van der Waals surface area contributed by atoms with E-state index in [1.165, 1.54) is 25.5 Å². The van der Waals surface area contributed by atoms with Crippen molar-refractivity contribution in [1.29, 1.82) is 0 Å². The van der Waals surface area contributed by atoms with Crippen LogP contribution >= 0.6 is 0 Å². The van der Waals surface area contributed by atoms with Gasteiger partial charge in [0.25, 0.3) is 0 Å². The van der Waals surface area contributed by atoms with Crippen LogP contribution in [0.15, 0.2) is 30.3 Å². The fraction of sp³-hybridized carbons (Fsp3) is 0.474. The van der Waals surface area contributed by atoms with Crippen LogP contribution in [-0.2, 0) is 0 Å². The molecule has 0 spiro atoms. The minimum absolute atomic E-state index is 0.220. The van der Waals surface area contributed by atoms with Crippen molar-refractivity contribution in [3.8, 4) is 17.1 Å². The molecule has 5 heteroatoms. The number of hydrogen-bond donors (Lipinski definition) is 0. The van der Waals surface area contributed by atoms with Gasteiger partial charge in [0.1, 0.15) is 11.9 Å². The van der Waals surface area contributed by atoms with E-state index in [4.69, 9.17) is 4.74 Å². The summed E-state index contributed by atoms with van der Waals surface area (Å²) in [7, 11) is 0. The van der Waals surface area contributed by atoms with Crippen molar-refractivity contribution in [2.24, 2.45) is 5.92 Å². The molecule has 4 nitrogen and oxygen atoms in total. The van der Waals surface area contributed by atoms with E-state index in [0.717, 1.165) is 25.1 Å².